The second-order valence-corrected chi connectivity index (χ2v) is 8.88. The molecule has 160 valence electrons. The molecule has 1 aliphatic heterocycles. The van der Waals surface area contributed by atoms with Crippen molar-refractivity contribution in [3.8, 4) is 11.5 Å². The Morgan fingerprint density at radius 1 is 1.19 bits per heavy atom. The highest BCUT2D eigenvalue weighted by molar-refractivity contribution is 7.92. The summed E-state index contributed by atoms with van der Waals surface area (Å²) in [6.07, 6.45) is 2.06. The molecule has 8 nitrogen and oxygen atoms in total. The monoisotopic (exact) mass is 439 g/mol. The lowest BCUT2D eigenvalue weighted by molar-refractivity contribution is -0.122. The maximum absolute atomic E-state index is 13.4. The van der Waals surface area contributed by atoms with Crippen molar-refractivity contribution < 1.29 is 22.7 Å². The van der Waals surface area contributed by atoms with Crippen molar-refractivity contribution >= 4 is 27.3 Å². The van der Waals surface area contributed by atoms with Crippen LogP contribution in [0.15, 0.2) is 71.9 Å². The molecule has 2 heterocycles. The van der Waals surface area contributed by atoms with Crippen molar-refractivity contribution in [2.45, 2.75) is 17.9 Å². The number of nitrogens with zero attached hydrogens (tertiary/aromatic N) is 2. The number of carbonyl (C=O) groups excluding carboxylic acids is 1. The fourth-order valence-electron chi connectivity index (χ4n) is 3.26. The van der Waals surface area contributed by atoms with E-state index in [0.29, 0.717) is 22.9 Å². The highest BCUT2D eigenvalue weighted by Gasteiger charge is 2.37. The van der Waals surface area contributed by atoms with E-state index in [2.05, 4.69) is 10.3 Å². The number of methoxy groups -OCH3 is 1. The van der Waals surface area contributed by atoms with Crippen LogP contribution in [0.1, 0.15) is 5.56 Å². The number of aromatic nitrogens is 1. The zero-order chi connectivity index (χ0) is 22.0. The minimum Gasteiger partial charge on any atom is -0.497 e. The van der Waals surface area contributed by atoms with Crippen LogP contribution in [0.5, 0.6) is 11.5 Å². The van der Waals surface area contributed by atoms with E-state index in [1.54, 1.807) is 48.7 Å². The van der Waals surface area contributed by atoms with E-state index in [0.717, 1.165) is 5.56 Å². The summed E-state index contributed by atoms with van der Waals surface area (Å²) in [5.41, 5.74) is 1.76. The molecule has 0 aliphatic carbocycles. The number of pyridine rings is 1. The van der Waals surface area contributed by atoms with Crippen LogP contribution in [0.2, 0.25) is 0 Å². The summed E-state index contributed by atoms with van der Waals surface area (Å²) in [6, 6.07) is 14.7. The van der Waals surface area contributed by atoms with Crippen LogP contribution in [-0.2, 0) is 14.8 Å². The molecule has 1 aromatic heterocycles. The molecule has 1 atom stereocenters. The molecular weight excluding hydrogens is 418 g/mol. The summed E-state index contributed by atoms with van der Waals surface area (Å²) in [5, 5.41) is 2.72. The van der Waals surface area contributed by atoms with E-state index in [9.17, 15) is 13.2 Å². The van der Waals surface area contributed by atoms with Gasteiger partial charge >= 0.3 is 0 Å². The largest absolute Gasteiger partial charge is 0.497 e. The Morgan fingerprint density at radius 2 is 1.97 bits per heavy atom. The Balaban J connectivity index is 1.69. The summed E-state index contributed by atoms with van der Waals surface area (Å²) in [5.74, 6) is 0.412. The van der Waals surface area contributed by atoms with Gasteiger partial charge in [0, 0.05) is 6.20 Å². The van der Waals surface area contributed by atoms with Gasteiger partial charge in [0.15, 0.2) is 6.10 Å². The topological polar surface area (TPSA) is 97.8 Å². The molecule has 0 saturated heterocycles. The highest BCUT2D eigenvalue weighted by atomic mass is 32.2. The first-order valence-electron chi connectivity index (χ1n) is 9.53. The van der Waals surface area contributed by atoms with Crippen molar-refractivity contribution in [1.82, 2.24) is 4.98 Å². The van der Waals surface area contributed by atoms with Crippen LogP contribution in [-0.4, -0.2) is 39.1 Å². The average Bonchev–Trinajstić information content (AvgIpc) is 2.78. The van der Waals surface area contributed by atoms with Crippen LogP contribution in [0, 0.1) is 6.92 Å². The standard InChI is InChI=1S/C22H21N3O5S/c1-15-5-10-19-20(12-15)30-21(22(26)24-16-4-3-11-23-13-16)14-25(19)31(27,28)18-8-6-17(29-2)7-9-18/h3-13,21H,14H2,1-2H3,(H,24,26). The molecule has 0 spiro atoms. The quantitative estimate of drug-likeness (QED) is 0.656. The molecule has 0 saturated carbocycles. The van der Waals surface area contributed by atoms with Gasteiger partial charge in [0.2, 0.25) is 0 Å². The Bertz CT molecular complexity index is 1200. The Kier molecular flexibility index (Phi) is 5.51. The van der Waals surface area contributed by atoms with Gasteiger partial charge in [-0.05, 0) is 61.0 Å². The Morgan fingerprint density at radius 3 is 2.65 bits per heavy atom. The Labute approximate surface area is 180 Å². The first-order valence-corrected chi connectivity index (χ1v) is 11.0. The summed E-state index contributed by atoms with van der Waals surface area (Å²) >= 11 is 0. The summed E-state index contributed by atoms with van der Waals surface area (Å²) in [4.78, 5) is 16.9. The molecule has 2 aromatic carbocycles. The van der Waals surface area contributed by atoms with Gasteiger partial charge in [-0.25, -0.2) is 8.42 Å². The van der Waals surface area contributed by atoms with E-state index in [1.165, 1.54) is 29.7 Å². The van der Waals surface area contributed by atoms with Crippen LogP contribution in [0.25, 0.3) is 0 Å². The number of sulfonamides is 1. The molecule has 9 heteroatoms. The molecule has 0 fully saturated rings. The SMILES string of the molecule is COc1ccc(S(=O)(=O)N2CC(C(=O)Nc3cccnc3)Oc3cc(C)ccc32)cc1. The highest BCUT2D eigenvalue weighted by Crippen LogP contribution is 2.38. The van der Waals surface area contributed by atoms with Crippen molar-refractivity contribution in [3.63, 3.8) is 0 Å². The lowest BCUT2D eigenvalue weighted by atomic mass is 10.1. The van der Waals surface area contributed by atoms with Gasteiger partial charge in [-0.1, -0.05) is 6.07 Å². The van der Waals surface area contributed by atoms with Crippen molar-refractivity contribution in [3.05, 3.63) is 72.6 Å². The van der Waals surface area contributed by atoms with Gasteiger partial charge < -0.3 is 14.8 Å². The van der Waals surface area contributed by atoms with Crippen molar-refractivity contribution in [2.75, 3.05) is 23.3 Å². The zero-order valence-corrected chi connectivity index (χ0v) is 17.8. The normalized spacial score (nSPS) is 15.5. The number of hydrogen-bond donors (Lipinski definition) is 1. The number of benzene rings is 2. The van der Waals surface area contributed by atoms with E-state index < -0.39 is 22.0 Å². The molecule has 31 heavy (non-hydrogen) atoms. The molecule has 0 radical (unpaired) electrons. The van der Waals surface area contributed by atoms with Crippen LogP contribution >= 0.6 is 0 Å². The minimum atomic E-state index is -3.95. The molecule has 0 bridgehead atoms. The maximum Gasteiger partial charge on any atom is 0.267 e. The number of amides is 1. The van der Waals surface area contributed by atoms with Gasteiger partial charge in [0.25, 0.3) is 15.9 Å². The number of rotatable bonds is 5. The predicted octanol–water partition coefficient (Wildman–Crippen LogP) is 2.99. The smallest absolute Gasteiger partial charge is 0.267 e. The second-order valence-electron chi connectivity index (χ2n) is 7.02. The average molecular weight is 439 g/mol. The van der Waals surface area contributed by atoms with Crippen LogP contribution in [0.3, 0.4) is 0 Å². The molecular formula is C22H21N3O5S. The lowest BCUT2D eigenvalue weighted by Gasteiger charge is -2.35. The number of fused-ring (bicyclic) bond motifs is 1. The first kappa shape index (κ1) is 20.7. The van der Waals surface area contributed by atoms with E-state index in [-0.39, 0.29) is 11.4 Å². The third-order valence-electron chi connectivity index (χ3n) is 4.85. The van der Waals surface area contributed by atoms with E-state index in [4.69, 9.17) is 9.47 Å². The molecule has 4 rings (SSSR count). The number of aryl methyl sites for hydroxylation is 1. The third-order valence-corrected chi connectivity index (χ3v) is 6.65. The number of anilines is 2. The molecule has 1 amide bonds. The van der Waals surface area contributed by atoms with Gasteiger partial charge in [-0.2, -0.15) is 0 Å². The molecule has 3 aromatic rings. The molecule has 1 aliphatic rings. The number of carbonyl (C=O) groups is 1. The fraction of sp³-hybridized carbons (Fsp3) is 0.182. The third kappa shape index (κ3) is 4.17. The molecule has 1 unspecified atom stereocenters. The summed E-state index contributed by atoms with van der Waals surface area (Å²) < 4.78 is 39.1. The second kappa shape index (κ2) is 8.27. The maximum atomic E-state index is 13.4. The van der Waals surface area contributed by atoms with Crippen LogP contribution in [0.4, 0.5) is 11.4 Å². The summed E-state index contributed by atoms with van der Waals surface area (Å²) in [7, 11) is -2.44. The first-order chi connectivity index (χ1) is 14.9. The minimum absolute atomic E-state index is 0.0909. The van der Waals surface area contributed by atoms with Crippen molar-refractivity contribution in [2.24, 2.45) is 0 Å². The lowest BCUT2D eigenvalue weighted by Crippen LogP contribution is -2.48. The summed E-state index contributed by atoms with van der Waals surface area (Å²) in [6.45, 7) is 1.70. The van der Waals surface area contributed by atoms with Gasteiger partial charge in [0.1, 0.15) is 11.5 Å². The van der Waals surface area contributed by atoms with Gasteiger partial charge in [-0.15, -0.1) is 0 Å². The van der Waals surface area contributed by atoms with E-state index in [1.807, 2.05) is 6.92 Å². The van der Waals surface area contributed by atoms with Crippen molar-refractivity contribution in [1.29, 1.82) is 0 Å². The fourth-order valence-corrected chi connectivity index (χ4v) is 4.74. The van der Waals surface area contributed by atoms with Gasteiger partial charge in [-0.3, -0.25) is 14.1 Å². The van der Waals surface area contributed by atoms with E-state index >= 15 is 0 Å². The Hall–Kier alpha value is -3.59. The number of hydrogen-bond acceptors (Lipinski definition) is 6. The zero-order valence-electron chi connectivity index (χ0n) is 17.0. The number of ether oxygens (including phenoxy) is 2. The van der Waals surface area contributed by atoms with Crippen LogP contribution < -0.4 is 19.1 Å². The predicted molar refractivity (Wildman–Crippen MR) is 116 cm³/mol. The molecule has 1 N–H and O–H groups in total. The van der Waals surface area contributed by atoms with Gasteiger partial charge in [0.05, 0.1) is 36.1 Å². The number of nitrogens with one attached hydrogen (secondary N) is 1.